The minimum absolute atomic E-state index is 0.606. The number of benzene rings is 1. The lowest BCUT2D eigenvalue weighted by Crippen LogP contribution is -2.38. The largest absolute Gasteiger partial charge is 0.492 e. The van der Waals surface area contributed by atoms with Crippen molar-refractivity contribution in [1.29, 1.82) is 0 Å². The summed E-state index contributed by atoms with van der Waals surface area (Å²) in [6.07, 6.45) is 3.23. The molecule has 1 aromatic carbocycles. The summed E-state index contributed by atoms with van der Waals surface area (Å²) in [5, 5.41) is 8.86. The average Bonchev–Trinajstić information content (AvgIpc) is 3.32. The molecule has 7 heteroatoms. The number of aliphatic imine (C=N–C) groups is 1. The highest BCUT2D eigenvalue weighted by molar-refractivity contribution is 7.09. The topological polar surface area (TPSA) is 58.1 Å². The fourth-order valence-corrected chi connectivity index (χ4v) is 4.33. The van der Waals surface area contributed by atoms with Crippen LogP contribution in [0.5, 0.6) is 5.75 Å². The van der Waals surface area contributed by atoms with Crippen molar-refractivity contribution >= 4 is 17.3 Å². The first-order valence-electron chi connectivity index (χ1n) is 11.3. The molecular formula is C24H36N4O2S. The van der Waals surface area contributed by atoms with Gasteiger partial charge in [0.1, 0.15) is 12.4 Å². The molecule has 1 aliphatic heterocycles. The summed E-state index contributed by atoms with van der Waals surface area (Å²) in [5.41, 5.74) is 1.14. The van der Waals surface area contributed by atoms with Crippen molar-refractivity contribution in [3.05, 3.63) is 52.2 Å². The summed E-state index contributed by atoms with van der Waals surface area (Å²) in [6, 6.07) is 13.1. The van der Waals surface area contributed by atoms with Gasteiger partial charge in [-0.05, 0) is 62.4 Å². The van der Waals surface area contributed by atoms with Crippen LogP contribution in [-0.2, 0) is 17.7 Å². The van der Waals surface area contributed by atoms with E-state index in [1.165, 1.54) is 4.88 Å². The van der Waals surface area contributed by atoms with Crippen molar-refractivity contribution in [2.24, 2.45) is 4.99 Å². The fourth-order valence-electron chi connectivity index (χ4n) is 3.62. The summed E-state index contributed by atoms with van der Waals surface area (Å²) < 4.78 is 11.5. The number of nitrogens with one attached hydrogen (secondary N) is 2. The Labute approximate surface area is 190 Å². The highest BCUT2D eigenvalue weighted by Gasteiger charge is 2.17. The summed E-state index contributed by atoms with van der Waals surface area (Å²) in [5.74, 6) is 1.76. The first-order valence-corrected chi connectivity index (χ1v) is 12.2. The van der Waals surface area contributed by atoms with Gasteiger partial charge in [0.25, 0.3) is 0 Å². The van der Waals surface area contributed by atoms with Gasteiger partial charge in [-0.3, -0.25) is 4.90 Å². The van der Waals surface area contributed by atoms with Gasteiger partial charge in [-0.2, -0.15) is 0 Å². The first kappa shape index (κ1) is 23.6. The van der Waals surface area contributed by atoms with Crippen molar-refractivity contribution in [2.45, 2.75) is 38.8 Å². The van der Waals surface area contributed by atoms with E-state index in [2.05, 4.69) is 59.2 Å². The van der Waals surface area contributed by atoms with Gasteiger partial charge in [-0.25, -0.2) is 4.99 Å². The Kier molecular flexibility index (Phi) is 10.2. The zero-order valence-electron chi connectivity index (χ0n) is 18.8. The zero-order valence-corrected chi connectivity index (χ0v) is 19.6. The van der Waals surface area contributed by atoms with Crippen molar-refractivity contribution in [3.8, 4) is 5.75 Å². The lowest BCUT2D eigenvalue weighted by molar-refractivity contribution is 0.0392. The van der Waals surface area contributed by atoms with E-state index >= 15 is 0 Å². The first-order chi connectivity index (χ1) is 15.2. The highest BCUT2D eigenvalue weighted by atomic mass is 32.1. The molecule has 0 unspecified atom stereocenters. The Morgan fingerprint density at radius 2 is 2.10 bits per heavy atom. The van der Waals surface area contributed by atoms with Crippen LogP contribution in [0.25, 0.3) is 0 Å². The molecule has 0 radical (unpaired) electrons. The van der Waals surface area contributed by atoms with Crippen LogP contribution in [0.1, 0.15) is 30.2 Å². The van der Waals surface area contributed by atoms with Gasteiger partial charge in [0, 0.05) is 43.8 Å². The number of likely N-dealkylation sites (N-methyl/N-ethyl adjacent to an activating group) is 1. The molecule has 2 heterocycles. The van der Waals surface area contributed by atoms with Crippen molar-refractivity contribution in [2.75, 3.05) is 46.5 Å². The zero-order chi connectivity index (χ0) is 21.7. The van der Waals surface area contributed by atoms with E-state index in [-0.39, 0.29) is 0 Å². The number of rotatable bonds is 11. The Balaban J connectivity index is 1.44. The molecule has 31 heavy (non-hydrogen) atoms. The molecule has 0 spiro atoms. The average molecular weight is 445 g/mol. The molecule has 0 aliphatic carbocycles. The summed E-state index contributed by atoms with van der Waals surface area (Å²) in [7, 11) is 2.18. The number of hydrogen-bond donors (Lipinski definition) is 2. The number of ether oxygens (including phenoxy) is 2. The molecule has 1 aromatic heterocycles. The van der Waals surface area contributed by atoms with Gasteiger partial charge in [-0.1, -0.05) is 18.2 Å². The molecule has 0 atom stereocenters. The van der Waals surface area contributed by atoms with E-state index in [0.29, 0.717) is 19.2 Å². The molecule has 1 aliphatic rings. The Hall–Kier alpha value is -2.09. The van der Waals surface area contributed by atoms with Crippen LogP contribution < -0.4 is 15.4 Å². The van der Waals surface area contributed by atoms with Crippen LogP contribution in [0.3, 0.4) is 0 Å². The number of guanidine groups is 1. The van der Waals surface area contributed by atoms with E-state index in [9.17, 15) is 0 Å². The number of thiophene rings is 1. The van der Waals surface area contributed by atoms with Crippen LogP contribution in [0, 0.1) is 0 Å². The van der Waals surface area contributed by atoms with Gasteiger partial charge < -0.3 is 20.1 Å². The molecule has 1 saturated heterocycles. The third-order valence-electron chi connectivity index (χ3n) is 5.43. The Bertz CT molecular complexity index is 776. The van der Waals surface area contributed by atoms with Gasteiger partial charge in [-0.15, -0.1) is 11.3 Å². The minimum atomic E-state index is 0.606. The predicted molar refractivity (Wildman–Crippen MR) is 129 cm³/mol. The second kappa shape index (κ2) is 13.3. The SMILES string of the molecule is CCNC(=NCc1cccc(OCCN(C)C2CCOCC2)c1)NCCc1cccs1. The lowest BCUT2D eigenvalue weighted by atomic mass is 10.1. The third-order valence-corrected chi connectivity index (χ3v) is 6.37. The highest BCUT2D eigenvalue weighted by Crippen LogP contribution is 2.16. The molecule has 3 rings (SSSR count). The van der Waals surface area contributed by atoms with Crippen molar-refractivity contribution in [1.82, 2.24) is 15.5 Å². The van der Waals surface area contributed by atoms with Crippen molar-refractivity contribution in [3.63, 3.8) is 0 Å². The lowest BCUT2D eigenvalue weighted by Gasteiger charge is -2.31. The van der Waals surface area contributed by atoms with Crippen LogP contribution in [-0.4, -0.2) is 63.4 Å². The monoisotopic (exact) mass is 444 g/mol. The Morgan fingerprint density at radius 1 is 1.23 bits per heavy atom. The van der Waals surface area contributed by atoms with Crippen LogP contribution in [0.15, 0.2) is 46.8 Å². The molecule has 2 N–H and O–H groups in total. The molecule has 2 aromatic rings. The normalized spacial score (nSPS) is 15.3. The maximum Gasteiger partial charge on any atom is 0.191 e. The predicted octanol–water partition coefficient (Wildman–Crippen LogP) is 3.54. The maximum atomic E-state index is 6.02. The van der Waals surface area contributed by atoms with Crippen LogP contribution in [0.4, 0.5) is 0 Å². The smallest absolute Gasteiger partial charge is 0.191 e. The maximum absolute atomic E-state index is 6.02. The summed E-state index contributed by atoms with van der Waals surface area (Å²) >= 11 is 1.79. The molecule has 0 bridgehead atoms. The second-order valence-corrected chi connectivity index (χ2v) is 8.80. The van der Waals surface area contributed by atoms with Crippen LogP contribution in [0.2, 0.25) is 0 Å². The van der Waals surface area contributed by atoms with E-state index < -0.39 is 0 Å². The van der Waals surface area contributed by atoms with Gasteiger partial charge in [0.05, 0.1) is 6.54 Å². The van der Waals surface area contributed by atoms with E-state index in [0.717, 1.165) is 69.4 Å². The fraction of sp³-hybridized carbons (Fsp3) is 0.542. The van der Waals surface area contributed by atoms with Crippen molar-refractivity contribution < 1.29 is 9.47 Å². The molecule has 0 amide bonds. The summed E-state index contributed by atoms with van der Waals surface area (Å²) in [6.45, 7) is 7.77. The van der Waals surface area contributed by atoms with Gasteiger partial charge in [0.15, 0.2) is 5.96 Å². The van der Waals surface area contributed by atoms with Crippen LogP contribution >= 0.6 is 11.3 Å². The standard InChI is InChI=1S/C24H36N4O2S/c1-3-25-24(26-12-9-23-8-5-17-31-23)27-19-20-6-4-7-22(18-20)30-16-13-28(2)21-10-14-29-15-11-21/h4-8,17-18,21H,3,9-16,19H2,1-2H3,(H2,25,26,27). The number of hydrogen-bond acceptors (Lipinski definition) is 5. The Morgan fingerprint density at radius 3 is 2.87 bits per heavy atom. The molecule has 0 saturated carbocycles. The van der Waals surface area contributed by atoms with E-state index in [4.69, 9.17) is 14.5 Å². The molecule has 170 valence electrons. The third kappa shape index (κ3) is 8.51. The summed E-state index contributed by atoms with van der Waals surface area (Å²) in [4.78, 5) is 8.51. The van der Waals surface area contributed by atoms with E-state index in [1.807, 2.05) is 12.1 Å². The molecule has 6 nitrogen and oxygen atoms in total. The molecular weight excluding hydrogens is 408 g/mol. The number of nitrogens with zero attached hydrogens (tertiary/aromatic N) is 2. The van der Waals surface area contributed by atoms with E-state index in [1.54, 1.807) is 11.3 Å². The molecule has 1 fully saturated rings. The quantitative estimate of drug-likeness (QED) is 0.410. The minimum Gasteiger partial charge on any atom is -0.492 e. The second-order valence-electron chi connectivity index (χ2n) is 7.77. The van der Waals surface area contributed by atoms with Gasteiger partial charge in [0.2, 0.25) is 0 Å². The van der Waals surface area contributed by atoms with Gasteiger partial charge >= 0.3 is 0 Å².